The molecule has 3 rings (SSSR count). The Bertz CT molecular complexity index is 293. The van der Waals surface area contributed by atoms with Gasteiger partial charge in [0.1, 0.15) is 0 Å². The first-order valence-electron chi connectivity index (χ1n) is 5.68. The van der Waals surface area contributed by atoms with Gasteiger partial charge in [-0.15, -0.1) is 0 Å². The molecule has 0 aliphatic heterocycles. The van der Waals surface area contributed by atoms with E-state index in [0.29, 0.717) is 0 Å². The number of hydrogen-bond donors (Lipinski definition) is 1. The van der Waals surface area contributed by atoms with Gasteiger partial charge in [0.15, 0.2) is 0 Å². The van der Waals surface area contributed by atoms with Crippen LogP contribution < -0.4 is 5.32 Å². The van der Waals surface area contributed by atoms with Gasteiger partial charge in [0.05, 0.1) is 0 Å². The summed E-state index contributed by atoms with van der Waals surface area (Å²) in [5.74, 6) is 2.12. The standard InChI is InChI=1S/C12H17NS/c1-2-10-6-11(10)12(3-1)13-7-9-4-5-14-8-9/h4-5,8,10-13H,1-3,6-7H2. The molecule has 0 amide bonds. The van der Waals surface area contributed by atoms with Crippen LogP contribution >= 0.6 is 11.3 Å². The number of thiophene rings is 1. The van der Waals surface area contributed by atoms with Crippen LogP contribution in [0.3, 0.4) is 0 Å². The molecule has 0 aromatic carbocycles. The molecule has 0 bridgehead atoms. The first-order chi connectivity index (χ1) is 6.93. The zero-order chi connectivity index (χ0) is 9.38. The second-order valence-electron chi connectivity index (χ2n) is 4.71. The highest BCUT2D eigenvalue weighted by Gasteiger charge is 2.44. The lowest BCUT2D eigenvalue weighted by atomic mass is 9.95. The summed E-state index contributed by atoms with van der Waals surface area (Å²) in [4.78, 5) is 0. The van der Waals surface area contributed by atoms with Crippen LogP contribution in [-0.2, 0) is 6.54 Å². The van der Waals surface area contributed by atoms with E-state index in [9.17, 15) is 0 Å². The number of nitrogens with one attached hydrogen (secondary N) is 1. The van der Waals surface area contributed by atoms with Crippen LogP contribution in [0.5, 0.6) is 0 Å². The molecular weight excluding hydrogens is 190 g/mol. The highest BCUT2D eigenvalue weighted by molar-refractivity contribution is 7.07. The lowest BCUT2D eigenvalue weighted by Crippen LogP contribution is -2.32. The van der Waals surface area contributed by atoms with Crippen molar-refractivity contribution in [2.75, 3.05) is 0 Å². The maximum Gasteiger partial charge on any atom is 0.0216 e. The van der Waals surface area contributed by atoms with Gasteiger partial charge < -0.3 is 5.32 Å². The van der Waals surface area contributed by atoms with Crippen molar-refractivity contribution in [1.29, 1.82) is 0 Å². The van der Waals surface area contributed by atoms with E-state index < -0.39 is 0 Å². The maximum absolute atomic E-state index is 3.72. The predicted molar refractivity (Wildman–Crippen MR) is 60.4 cm³/mol. The van der Waals surface area contributed by atoms with Crippen LogP contribution in [0.4, 0.5) is 0 Å². The van der Waals surface area contributed by atoms with Crippen molar-refractivity contribution in [3.63, 3.8) is 0 Å². The van der Waals surface area contributed by atoms with Crippen LogP contribution in [-0.4, -0.2) is 6.04 Å². The van der Waals surface area contributed by atoms with Crippen molar-refractivity contribution in [2.24, 2.45) is 11.8 Å². The lowest BCUT2D eigenvalue weighted by Gasteiger charge is -2.22. The summed E-state index contributed by atoms with van der Waals surface area (Å²) in [5, 5.41) is 8.14. The van der Waals surface area contributed by atoms with E-state index in [1.54, 1.807) is 11.3 Å². The fraction of sp³-hybridized carbons (Fsp3) is 0.667. The zero-order valence-corrected chi connectivity index (χ0v) is 9.22. The van der Waals surface area contributed by atoms with Gasteiger partial charge in [0.25, 0.3) is 0 Å². The SMILES string of the molecule is c1cc(CNC2CCCC3CC32)cs1. The third-order valence-corrected chi connectivity index (χ3v) is 4.46. The third kappa shape index (κ3) is 1.73. The van der Waals surface area contributed by atoms with Gasteiger partial charge in [-0.3, -0.25) is 0 Å². The average molecular weight is 207 g/mol. The van der Waals surface area contributed by atoms with Crippen LogP contribution in [0.2, 0.25) is 0 Å². The summed E-state index contributed by atoms with van der Waals surface area (Å²) in [7, 11) is 0. The Balaban J connectivity index is 1.52. The Morgan fingerprint density at radius 3 is 3.29 bits per heavy atom. The van der Waals surface area contributed by atoms with E-state index in [0.717, 1.165) is 24.4 Å². The largest absolute Gasteiger partial charge is 0.310 e. The van der Waals surface area contributed by atoms with Crippen molar-refractivity contribution in [3.8, 4) is 0 Å². The molecule has 3 atom stereocenters. The normalized spacial score (nSPS) is 35.3. The smallest absolute Gasteiger partial charge is 0.0216 e. The fourth-order valence-electron chi connectivity index (χ4n) is 2.81. The highest BCUT2D eigenvalue weighted by atomic mass is 32.1. The first kappa shape index (κ1) is 8.93. The van der Waals surface area contributed by atoms with Gasteiger partial charge >= 0.3 is 0 Å². The topological polar surface area (TPSA) is 12.0 Å². The van der Waals surface area contributed by atoms with Crippen LogP contribution in [0, 0.1) is 11.8 Å². The van der Waals surface area contributed by atoms with Crippen molar-refractivity contribution in [3.05, 3.63) is 22.4 Å². The van der Waals surface area contributed by atoms with Crippen LogP contribution in [0.1, 0.15) is 31.2 Å². The lowest BCUT2D eigenvalue weighted by molar-refractivity contribution is 0.352. The molecule has 2 fully saturated rings. The van der Waals surface area contributed by atoms with E-state index in [1.807, 2.05) is 0 Å². The molecule has 2 aliphatic carbocycles. The summed E-state index contributed by atoms with van der Waals surface area (Å²) in [6.45, 7) is 1.08. The Morgan fingerprint density at radius 2 is 2.43 bits per heavy atom. The van der Waals surface area contributed by atoms with Gasteiger partial charge in [-0.2, -0.15) is 11.3 Å². The van der Waals surface area contributed by atoms with Gasteiger partial charge in [-0.25, -0.2) is 0 Å². The second kappa shape index (κ2) is 3.67. The summed E-state index contributed by atoms with van der Waals surface area (Å²) in [6.07, 6.45) is 5.86. The molecule has 14 heavy (non-hydrogen) atoms. The van der Waals surface area contributed by atoms with Crippen LogP contribution in [0.25, 0.3) is 0 Å². The van der Waals surface area contributed by atoms with Gasteiger partial charge in [0.2, 0.25) is 0 Å². The Kier molecular flexibility index (Phi) is 2.34. The molecule has 76 valence electrons. The molecule has 0 radical (unpaired) electrons. The summed E-state index contributed by atoms with van der Waals surface area (Å²) in [5.41, 5.74) is 1.46. The summed E-state index contributed by atoms with van der Waals surface area (Å²) >= 11 is 1.80. The molecule has 0 saturated heterocycles. The molecule has 1 heterocycles. The zero-order valence-electron chi connectivity index (χ0n) is 8.41. The van der Waals surface area contributed by atoms with Crippen molar-refractivity contribution in [1.82, 2.24) is 5.32 Å². The Labute approximate surface area is 89.5 Å². The Morgan fingerprint density at radius 1 is 1.43 bits per heavy atom. The Hall–Kier alpha value is -0.340. The molecular formula is C12H17NS. The van der Waals surface area contributed by atoms with E-state index in [2.05, 4.69) is 22.1 Å². The maximum atomic E-state index is 3.72. The highest BCUT2D eigenvalue weighted by Crippen LogP contribution is 2.49. The predicted octanol–water partition coefficient (Wildman–Crippen LogP) is 3.03. The number of hydrogen-bond acceptors (Lipinski definition) is 2. The minimum absolute atomic E-state index is 0.827. The average Bonchev–Trinajstić information content (AvgIpc) is 2.83. The van der Waals surface area contributed by atoms with E-state index in [4.69, 9.17) is 0 Å². The molecule has 2 saturated carbocycles. The molecule has 0 spiro atoms. The number of fused-ring (bicyclic) bond motifs is 1. The van der Waals surface area contributed by atoms with Gasteiger partial charge in [-0.05, 0) is 47.1 Å². The molecule has 1 nitrogen and oxygen atoms in total. The molecule has 2 heteroatoms. The van der Waals surface area contributed by atoms with E-state index >= 15 is 0 Å². The van der Waals surface area contributed by atoms with Crippen molar-refractivity contribution in [2.45, 2.75) is 38.3 Å². The minimum atomic E-state index is 0.827. The summed E-state index contributed by atoms with van der Waals surface area (Å²) in [6, 6.07) is 3.05. The number of rotatable bonds is 3. The minimum Gasteiger partial charge on any atom is -0.310 e. The molecule has 1 N–H and O–H groups in total. The summed E-state index contributed by atoms with van der Waals surface area (Å²) < 4.78 is 0. The van der Waals surface area contributed by atoms with E-state index in [-0.39, 0.29) is 0 Å². The molecule has 2 aliphatic rings. The molecule has 1 aromatic heterocycles. The quantitative estimate of drug-likeness (QED) is 0.803. The first-order valence-corrected chi connectivity index (χ1v) is 6.62. The third-order valence-electron chi connectivity index (χ3n) is 3.73. The van der Waals surface area contributed by atoms with Crippen molar-refractivity contribution < 1.29 is 0 Å². The van der Waals surface area contributed by atoms with E-state index in [1.165, 1.54) is 31.2 Å². The van der Waals surface area contributed by atoms with Crippen molar-refractivity contribution >= 4 is 11.3 Å². The molecule has 3 unspecified atom stereocenters. The monoisotopic (exact) mass is 207 g/mol. The molecule has 1 aromatic rings. The van der Waals surface area contributed by atoms with Gasteiger partial charge in [-0.1, -0.05) is 12.8 Å². The van der Waals surface area contributed by atoms with Gasteiger partial charge in [0, 0.05) is 12.6 Å². The fourth-order valence-corrected chi connectivity index (χ4v) is 3.47. The second-order valence-corrected chi connectivity index (χ2v) is 5.49. The van der Waals surface area contributed by atoms with Crippen LogP contribution in [0.15, 0.2) is 16.8 Å².